The predicted octanol–water partition coefficient (Wildman–Crippen LogP) is 2.61. The number of hydrogen-bond acceptors (Lipinski definition) is 6. The van der Waals surface area contributed by atoms with Crippen molar-refractivity contribution < 1.29 is 14.3 Å². The third-order valence-corrected chi connectivity index (χ3v) is 3.28. The molecule has 0 bridgehead atoms. The normalized spacial score (nSPS) is 10.4. The van der Waals surface area contributed by atoms with Crippen LogP contribution in [0.15, 0.2) is 41.7 Å². The van der Waals surface area contributed by atoms with Crippen molar-refractivity contribution in [3.05, 3.63) is 47.8 Å². The lowest BCUT2D eigenvalue weighted by molar-refractivity contribution is 0.0510. The van der Waals surface area contributed by atoms with Gasteiger partial charge in [-0.05, 0) is 24.5 Å². The Labute approximate surface area is 127 Å². The minimum Gasteiger partial charge on any atom is -0.468 e. The van der Waals surface area contributed by atoms with Gasteiger partial charge in [-0.2, -0.15) is 0 Å². The molecular weight excluding hydrogens is 288 g/mol. The summed E-state index contributed by atoms with van der Waals surface area (Å²) >= 11 is 1.45. The van der Waals surface area contributed by atoms with E-state index in [1.807, 2.05) is 6.26 Å². The number of thioether (sulfide) groups is 1. The van der Waals surface area contributed by atoms with E-state index in [9.17, 15) is 4.79 Å². The molecule has 0 N–H and O–H groups in total. The van der Waals surface area contributed by atoms with Crippen molar-refractivity contribution in [1.29, 1.82) is 0 Å². The molecule has 0 aliphatic rings. The zero-order valence-electron chi connectivity index (χ0n) is 11.9. The molecule has 0 saturated carbocycles. The van der Waals surface area contributed by atoms with Crippen LogP contribution in [0.2, 0.25) is 0 Å². The topological polar surface area (TPSA) is 61.3 Å². The third kappa shape index (κ3) is 4.54. The highest BCUT2D eigenvalue weighted by molar-refractivity contribution is 7.98. The molecule has 1 aromatic carbocycles. The lowest BCUT2D eigenvalue weighted by Gasteiger charge is -2.06. The van der Waals surface area contributed by atoms with Crippen molar-refractivity contribution in [1.82, 2.24) is 9.97 Å². The van der Waals surface area contributed by atoms with E-state index in [0.717, 1.165) is 0 Å². The Morgan fingerprint density at radius 2 is 2.19 bits per heavy atom. The first-order valence-electron chi connectivity index (χ1n) is 6.34. The van der Waals surface area contributed by atoms with Crippen LogP contribution in [0.25, 0.3) is 0 Å². The summed E-state index contributed by atoms with van der Waals surface area (Å²) in [6.45, 7) is 0.153. The zero-order chi connectivity index (χ0) is 15.1. The number of benzene rings is 1. The van der Waals surface area contributed by atoms with E-state index in [1.54, 1.807) is 43.6 Å². The second kappa shape index (κ2) is 7.75. The van der Waals surface area contributed by atoms with Gasteiger partial charge in [0.05, 0.1) is 12.1 Å². The van der Waals surface area contributed by atoms with Crippen LogP contribution in [0.3, 0.4) is 0 Å². The molecule has 0 amide bonds. The van der Waals surface area contributed by atoms with E-state index in [-0.39, 0.29) is 19.0 Å². The molecule has 2 aromatic rings. The van der Waals surface area contributed by atoms with Crippen LogP contribution in [-0.4, -0.2) is 35.9 Å². The Bertz CT molecular complexity index is 619. The molecule has 0 radical (unpaired) electrons. The molecular formula is C15H16N2O3S. The first-order valence-corrected chi connectivity index (χ1v) is 7.56. The lowest BCUT2D eigenvalue weighted by Crippen LogP contribution is -2.07. The fourth-order valence-corrected chi connectivity index (χ4v) is 2.10. The average molecular weight is 304 g/mol. The number of hydrogen-bond donors (Lipinski definition) is 0. The molecule has 0 fully saturated rings. The van der Waals surface area contributed by atoms with Crippen molar-refractivity contribution >= 4 is 17.5 Å². The van der Waals surface area contributed by atoms with E-state index < -0.39 is 0 Å². The largest absolute Gasteiger partial charge is 0.468 e. The molecule has 0 unspecified atom stereocenters. The fraction of sp³-hybridized carbons (Fsp3) is 0.267. The minimum absolute atomic E-state index is 0.0105. The second-order valence-electron chi connectivity index (χ2n) is 4.21. The van der Waals surface area contributed by atoms with Gasteiger partial charge in [0.25, 0.3) is 0 Å². The standard InChI is InChI=1S/C15H16N2O3S/c1-19-10-20-13-5-3-4-11(8-13)14(18)9-12-6-7-16-15(17-12)21-2/h3-8H,9-10H2,1-2H3. The lowest BCUT2D eigenvalue weighted by atomic mass is 10.1. The van der Waals surface area contributed by atoms with Gasteiger partial charge in [-0.3, -0.25) is 4.79 Å². The van der Waals surface area contributed by atoms with Crippen molar-refractivity contribution in [2.24, 2.45) is 0 Å². The number of carbonyl (C=O) groups excluding carboxylic acids is 1. The Balaban J connectivity index is 2.08. The van der Waals surface area contributed by atoms with Gasteiger partial charge in [-0.15, -0.1) is 0 Å². The minimum atomic E-state index is -0.0105. The Morgan fingerprint density at radius 1 is 1.33 bits per heavy atom. The molecule has 0 saturated heterocycles. The molecule has 0 aliphatic carbocycles. The van der Waals surface area contributed by atoms with Crippen molar-refractivity contribution in [2.45, 2.75) is 11.6 Å². The highest BCUT2D eigenvalue weighted by Crippen LogP contribution is 2.16. The third-order valence-electron chi connectivity index (χ3n) is 2.71. The maximum Gasteiger partial charge on any atom is 0.188 e. The summed E-state index contributed by atoms with van der Waals surface area (Å²) < 4.78 is 10.2. The Hall–Kier alpha value is -1.92. The van der Waals surface area contributed by atoms with Gasteiger partial charge in [0, 0.05) is 18.9 Å². The number of Topliss-reactive ketones (excluding diaryl/α,β-unsaturated/α-hetero) is 1. The highest BCUT2D eigenvalue weighted by Gasteiger charge is 2.10. The molecule has 21 heavy (non-hydrogen) atoms. The number of nitrogens with zero attached hydrogens (tertiary/aromatic N) is 2. The summed E-state index contributed by atoms with van der Waals surface area (Å²) in [7, 11) is 1.55. The smallest absolute Gasteiger partial charge is 0.188 e. The molecule has 0 aliphatic heterocycles. The van der Waals surface area contributed by atoms with Crippen molar-refractivity contribution in [3.8, 4) is 5.75 Å². The molecule has 1 aromatic heterocycles. The number of ketones is 1. The first kappa shape index (κ1) is 15.5. The van der Waals surface area contributed by atoms with E-state index >= 15 is 0 Å². The van der Waals surface area contributed by atoms with Crippen LogP contribution in [0.5, 0.6) is 5.75 Å². The van der Waals surface area contributed by atoms with Gasteiger partial charge in [0.15, 0.2) is 17.7 Å². The molecule has 0 atom stereocenters. The molecule has 5 nitrogen and oxygen atoms in total. The van der Waals surface area contributed by atoms with E-state index in [1.165, 1.54) is 11.8 Å². The number of carbonyl (C=O) groups is 1. The molecule has 6 heteroatoms. The van der Waals surface area contributed by atoms with Gasteiger partial charge in [-0.25, -0.2) is 9.97 Å². The Kier molecular flexibility index (Phi) is 5.71. The van der Waals surface area contributed by atoms with Crippen LogP contribution in [0.4, 0.5) is 0 Å². The summed E-state index contributed by atoms with van der Waals surface area (Å²) in [6.07, 6.45) is 3.81. The van der Waals surface area contributed by atoms with Gasteiger partial charge in [0.2, 0.25) is 0 Å². The average Bonchev–Trinajstić information content (AvgIpc) is 2.53. The number of rotatable bonds is 7. The quantitative estimate of drug-likeness (QED) is 0.339. The monoisotopic (exact) mass is 304 g/mol. The maximum atomic E-state index is 12.3. The Morgan fingerprint density at radius 3 is 2.95 bits per heavy atom. The van der Waals surface area contributed by atoms with Crippen LogP contribution < -0.4 is 4.74 Å². The zero-order valence-corrected chi connectivity index (χ0v) is 12.7. The van der Waals surface area contributed by atoms with Crippen molar-refractivity contribution in [2.75, 3.05) is 20.2 Å². The van der Waals surface area contributed by atoms with E-state index in [2.05, 4.69) is 9.97 Å². The van der Waals surface area contributed by atoms with Gasteiger partial charge in [0.1, 0.15) is 5.75 Å². The fourth-order valence-electron chi connectivity index (χ4n) is 1.73. The summed E-state index contributed by atoms with van der Waals surface area (Å²) in [5.41, 5.74) is 1.30. The molecule has 1 heterocycles. The number of aromatic nitrogens is 2. The van der Waals surface area contributed by atoms with Gasteiger partial charge >= 0.3 is 0 Å². The SMILES string of the molecule is COCOc1cccc(C(=O)Cc2ccnc(SC)n2)c1. The number of ether oxygens (including phenoxy) is 2. The van der Waals surface area contributed by atoms with E-state index in [4.69, 9.17) is 9.47 Å². The molecule has 0 spiro atoms. The summed E-state index contributed by atoms with van der Waals surface area (Å²) in [5, 5.41) is 0.664. The first-order chi connectivity index (χ1) is 10.2. The van der Waals surface area contributed by atoms with Crippen molar-refractivity contribution in [3.63, 3.8) is 0 Å². The number of methoxy groups -OCH3 is 1. The van der Waals surface area contributed by atoms with Crippen LogP contribution >= 0.6 is 11.8 Å². The van der Waals surface area contributed by atoms with Crippen LogP contribution in [0, 0.1) is 0 Å². The summed E-state index contributed by atoms with van der Waals surface area (Å²) in [4.78, 5) is 20.7. The predicted molar refractivity (Wildman–Crippen MR) is 80.8 cm³/mol. The molecule has 110 valence electrons. The molecule has 2 rings (SSSR count). The van der Waals surface area contributed by atoms with Gasteiger partial charge < -0.3 is 9.47 Å². The van der Waals surface area contributed by atoms with Crippen LogP contribution in [-0.2, 0) is 11.2 Å². The summed E-state index contributed by atoms with van der Waals surface area (Å²) in [5.74, 6) is 0.596. The van der Waals surface area contributed by atoms with E-state index in [0.29, 0.717) is 22.2 Å². The van der Waals surface area contributed by atoms with Gasteiger partial charge in [-0.1, -0.05) is 23.9 Å². The maximum absolute atomic E-state index is 12.3. The summed E-state index contributed by atoms with van der Waals surface area (Å²) in [6, 6.07) is 8.79. The van der Waals surface area contributed by atoms with Crippen LogP contribution in [0.1, 0.15) is 16.1 Å². The highest BCUT2D eigenvalue weighted by atomic mass is 32.2. The second-order valence-corrected chi connectivity index (χ2v) is 4.99.